The SMILES string of the molecule is Cl.NC(=O)[C@@H](CCCN=C(N)N)N(Cc1ccc(Br)cc1)C(=O)C(c1ccccc1)c1ccccc1. The van der Waals surface area contributed by atoms with Crippen LogP contribution in [0.4, 0.5) is 0 Å². The van der Waals surface area contributed by atoms with Gasteiger partial charge in [0.15, 0.2) is 5.96 Å². The van der Waals surface area contributed by atoms with Gasteiger partial charge in [-0.25, -0.2) is 0 Å². The van der Waals surface area contributed by atoms with Gasteiger partial charge in [-0.1, -0.05) is 88.7 Å². The van der Waals surface area contributed by atoms with Gasteiger partial charge in [0.05, 0.1) is 5.92 Å². The smallest absolute Gasteiger partial charge is 0.240 e. The zero-order valence-electron chi connectivity index (χ0n) is 19.8. The summed E-state index contributed by atoms with van der Waals surface area (Å²) < 4.78 is 0.925. The van der Waals surface area contributed by atoms with Gasteiger partial charge >= 0.3 is 0 Å². The van der Waals surface area contributed by atoms with Crippen molar-refractivity contribution in [1.29, 1.82) is 0 Å². The summed E-state index contributed by atoms with van der Waals surface area (Å²) in [5.74, 6) is -1.37. The molecule has 0 saturated carbocycles. The van der Waals surface area contributed by atoms with E-state index in [2.05, 4.69) is 20.9 Å². The predicted molar refractivity (Wildman–Crippen MR) is 150 cm³/mol. The van der Waals surface area contributed by atoms with E-state index in [1.165, 1.54) is 0 Å². The first-order valence-corrected chi connectivity index (χ1v) is 12.2. The number of primary amides is 1. The van der Waals surface area contributed by atoms with E-state index in [9.17, 15) is 9.59 Å². The van der Waals surface area contributed by atoms with Crippen LogP contribution in [0.5, 0.6) is 0 Å². The molecule has 0 aliphatic heterocycles. The van der Waals surface area contributed by atoms with Crippen LogP contribution in [0.3, 0.4) is 0 Å². The first kappa shape index (κ1) is 28.9. The van der Waals surface area contributed by atoms with E-state index in [0.29, 0.717) is 19.4 Å². The maximum Gasteiger partial charge on any atom is 0.240 e. The fraction of sp³-hybridized carbons (Fsp3) is 0.222. The Hall–Kier alpha value is -3.36. The Morgan fingerprint density at radius 3 is 1.83 bits per heavy atom. The van der Waals surface area contributed by atoms with Crippen LogP contribution < -0.4 is 17.2 Å². The van der Waals surface area contributed by atoms with Gasteiger partial charge in [0.2, 0.25) is 11.8 Å². The fourth-order valence-electron chi connectivity index (χ4n) is 4.01. The molecule has 7 nitrogen and oxygen atoms in total. The number of guanidine groups is 1. The van der Waals surface area contributed by atoms with Crippen LogP contribution in [-0.2, 0) is 16.1 Å². The van der Waals surface area contributed by atoms with E-state index in [4.69, 9.17) is 17.2 Å². The zero-order valence-corrected chi connectivity index (χ0v) is 22.2. The van der Waals surface area contributed by atoms with Gasteiger partial charge in [0, 0.05) is 17.6 Å². The highest BCUT2D eigenvalue weighted by Crippen LogP contribution is 2.29. The molecule has 0 saturated heterocycles. The van der Waals surface area contributed by atoms with E-state index in [0.717, 1.165) is 21.2 Å². The topological polar surface area (TPSA) is 128 Å². The molecule has 3 aromatic carbocycles. The van der Waals surface area contributed by atoms with Crippen LogP contribution in [0.1, 0.15) is 35.4 Å². The fourth-order valence-corrected chi connectivity index (χ4v) is 4.27. The number of halogens is 2. The third kappa shape index (κ3) is 8.10. The minimum absolute atomic E-state index is 0. The van der Waals surface area contributed by atoms with Crippen molar-refractivity contribution in [1.82, 2.24) is 4.90 Å². The quantitative estimate of drug-likeness (QED) is 0.183. The molecular weight excluding hydrogens is 542 g/mol. The summed E-state index contributed by atoms with van der Waals surface area (Å²) >= 11 is 3.44. The summed E-state index contributed by atoms with van der Waals surface area (Å²) in [4.78, 5) is 32.5. The van der Waals surface area contributed by atoms with Gasteiger partial charge < -0.3 is 22.1 Å². The molecule has 0 spiro atoms. The van der Waals surface area contributed by atoms with Crippen LogP contribution in [-0.4, -0.2) is 35.3 Å². The number of hydrogen-bond acceptors (Lipinski definition) is 3. The molecule has 1 atom stereocenters. The van der Waals surface area contributed by atoms with Crippen LogP contribution in [0.25, 0.3) is 0 Å². The third-order valence-corrected chi connectivity index (χ3v) is 6.23. The van der Waals surface area contributed by atoms with Crippen LogP contribution in [0, 0.1) is 0 Å². The van der Waals surface area contributed by atoms with Gasteiger partial charge in [0.25, 0.3) is 0 Å². The average Bonchev–Trinajstić information content (AvgIpc) is 2.85. The molecule has 0 aromatic heterocycles. The Morgan fingerprint density at radius 2 is 1.36 bits per heavy atom. The second kappa shape index (κ2) is 14.3. The minimum Gasteiger partial charge on any atom is -0.370 e. The van der Waals surface area contributed by atoms with E-state index >= 15 is 0 Å². The lowest BCUT2D eigenvalue weighted by atomic mass is 9.89. The number of benzene rings is 3. The lowest BCUT2D eigenvalue weighted by Gasteiger charge is -2.33. The highest BCUT2D eigenvalue weighted by atomic mass is 79.9. The third-order valence-electron chi connectivity index (χ3n) is 5.70. The molecule has 9 heteroatoms. The van der Waals surface area contributed by atoms with Crippen molar-refractivity contribution in [2.45, 2.75) is 31.3 Å². The van der Waals surface area contributed by atoms with Crippen LogP contribution in [0.2, 0.25) is 0 Å². The van der Waals surface area contributed by atoms with E-state index in [1.807, 2.05) is 84.9 Å². The largest absolute Gasteiger partial charge is 0.370 e. The van der Waals surface area contributed by atoms with Gasteiger partial charge in [-0.05, 0) is 41.7 Å². The van der Waals surface area contributed by atoms with Crippen LogP contribution in [0.15, 0.2) is 94.4 Å². The van der Waals surface area contributed by atoms with Crippen molar-refractivity contribution >= 4 is 46.1 Å². The maximum atomic E-state index is 14.2. The molecule has 0 radical (unpaired) electrons. The standard InChI is InChI=1S/C27H30BrN5O2.ClH/c28-22-15-13-19(14-16-22)18-33(23(25(29)34)12-7-17-32-27(30)31)26(35)24(20-8-3-1-4-9-20)21-10-5-2-6-11-21;/h1-6,8-11,13-16,23-24H,7,12,17-18H2,(H2,29,34)(H4,30,31,32);1H/t23-;/m1./s1. The van der Waals surface area contributed by atoms with Gasteiger partial charge in [-0.2, -0.15) is 0 Å². The number of rotatable bonds is 11. The van der Waals surface area contributed by atoms with E-state index in [-0.39, 0.29) is 30.8 Å². The molecule has 0 fully saturated rings. The number of carbonyl (C=O) groups excluding carboxylic acids is 2. The Morgan fingerprint density at radius 1 is 0.833 bits per heavy atom. The minimum atomic E-state index is -0.824. The van der Waals surface area contributed by atoms with Crippen molar-refractivity contribution in [3.8, 4) is 0 Å². The van der Waals surface area contributed by atoms with E-state index in [1.54, 1.807) is 4.90 Å². The van der Waals surface area contributed by atoms with Crippen molar-refractivity contribution in [3.63, 3.8) is 0 Å². The molecule has 2 amide bonds. The second-order valence-electron chi connectivity index (χ2n) is 8.21. The van der Waals surface area contributed by atoms with E-state index < -0.39 is 17.9 Å². The summed E-state index contributed by atoms with van der Waals surface area (Å²) in [5.41, 5.74) is 19.3. The summed E-state index contributed by atoms with van der Waals surface area (Å²) in [6.07, 6.45) is 0.835. The Balaban J connectivity index is 0.00000456. The Bertz CT molecular complexity index is 1100. The van der Waals surface area contributed by atoms with Crippen molar-refractivity contribution in [3.05, 3.63) is 106 Å². The van der Waals surface area contributed by atoms with Crippen molar-refractivity contribution in [2.75, 3.05) is 6.54 Å². The highest BCUT2D eigenvalue weighted by molar-refractivity contribution is 9.10. The van der Waals surface area contributed by atoms with Crippen molar-refractivity contribution < 1.29 is 9.59 Å². The molecule has 0 aliphatic rings. The molecule has 0 heterocycles. The molecule has 3 rings (SSSR count). The number of nitrogens with two attached hydrogens (primary N) is 3. The number of amides is 2. The average molecular weight is 573 g/mol. The number of hydrogen-bond donors (Lipinski definition) is 3. The molecule has 36 heavy (non-hydrogen) atoms. The summed E-state index contributed by atoms with van der Waals surface area (Å²) in [5, 5.41) is 0. The summed E-state index contributed by atoms with van der Waals surface area (Å²) in [7, 11) is 0. The number of carbonyl (C=O) groups is 2. The zero-order chi connectivity index (χ0) is 25.2. The van der Waals surface area contributed by atoms with Gasteiger partial charge in [-0.3, -0.25) is 14.6 Å². The summed E-state index contributed by atoms with van der Waals surface area (Å²) in [6, 6.07) is 25.9. The number of aliphatic imine (C=N–C) groups is 1. The molecule has 0 bridgehead atoms. The lowest BCUT2D eigenvalue weighted by Crippen LogP contribution is -2.49. The monoisotopic (exact) mass is 571 g/mol. The molecule has 0 aliphatic carbocycles. The molecular formula is C27H31BrClN5O2. The van der Waals surface area contributed by atoms with Gasteiger partial charge in [0.1, 0.15) is 6.04 Å². The molecule has 190 valence electrons. The predicted octanol–water partition coefficient (Wildman–Crippen LogP) is 3.94. The Kier molecular flexibility index (Phi) is 11.4. The molecule has 0 unspecified atom stereocenters. The van der Waals surface area contributed by atoms with Gasteiger partial charge in [-0.15, -0.1) is 12.4 Å². The Labute approximate surface area is 226 Å². The van der Waals surface area contributed by atoms with Crippen molar-refractivity contribution in [2.24, 2.45) is 22.2 Å². The highest BCUT2D eigenvalue weighted by Gasteiger charge is 2.34. The molecule has 6 N–H and O–H groups in total. The molecule has 3 aromatic rings. The second-order valence-corrected chi connectivity index (χ2v) is 9.13. The first-order chi connectivity index (χ1) is 16.9. The normalized spacial score (nSPS) is 11.3. The van der Waals surface area contributed by atoms with Crippen LogP contribution >= 0.6 is 28.3 Å². The summed E-state index contributed by atoms with van der Waals surface area (Å²) in [6.45, 7) is 0.575. The maximum absolute atomic E-state index is 14.2. The number of nitrogens with zero attached hydrogens (tertiary/aromatic N) is 2. The lowest BCUT2D eigenvalue weighted by molar-refractivity contribution is -0.141. The first-order valence-electron chi connectivity index (χ1n) is 11.4.